The van der Waals surface area contributed by atoms with E-state index in [0.717, 1.165) is 17.4 Å². The van der Waals surface area contributed by atoms with Crippen molar-refractivity contribution in [1.82, 2.24) is 10.2 Å². The van der Waals surface area contributed by atoms with Crippen molar-refractivity contribution in [2.24, 2.45) is 11.8 Å². The average Bonchev–Trinajstić information content (AvgIpc) is 2.70. The number of carbonyl (C=O) groups is 1. The van der Waals surface area contributed by atoms with Crippen molar-refractivity contribution in [3.63, 3.8) is 0 Å². The van der Waals surface area contributed by atoms with Gasteiger partial charge < -0.3 is 10.2 Å². The van der Waals surface area contributed by atoms with Crippen LogP contribution in [0.1, 0.15) is 54.1 Å². The van der Waals surface area contributed by atoms with Crippen molar-refractivity contribution in [3.05, 3.63) is 69.9 Å². The molecule has 3 rings (SSSR count). The van der Waals surface area contributed by atoms with E-state index in [1.807, 2.05) is 36.4 Å². The first-order valence-corrected chi connectivity index (χ1v) is 11.2. The Kier molecular flexibility index (Phi) is 7.84. The Labute approximate surface area is 181 Å². The molecule has 1 aliphatic rings. The van der Waals surface area contributed by atoms with Gasteiger partial charge >= 0.3 is 0 Å². The van der Waals surface area contributed by atoms with Gasteiger partial charge in [0.15, 0.2) is 0 Å². The summed E-state index contributed by atoms with van der Waals surface area (Å²) in [4.78, 5) is 14.5. The Balaban J connectivity index is 1.47. The van der Waals surface area contributed by atoms with Crippen LogP contribution in [0.4, 0.5) is 4.39 Å². The SMILES string of the molecule is CN(C)C(c1ccc(F)cc1)C1CCC(CCNC(=O)c2cccc(Br)c2)CC1. The van der Waals surface area contributed by atoms with Crippen molar-refractivity contribution < 1.29 is 9.18 Å². The molecule has 1 aliphatic carbocycles. The van der Waals surface area contributed by atoms with Gasteiger partial charge in [-0.25, -0.2) is 4.39 Å². The molecule has 2 aromatic carbocycles. The molecule has 1 N–H and O–H groups in total. The minimum atomic E-state index is -0.181. The molecule has 0 bridgehead atoms. The molecule has 0 saturated heterocycles. The van der Waals surface area contributed by atoms with E-state index in [2.05, 4.69) is 40.2 Å². The van der Waals surface area contributed by atoms with Crippen molar-refractivity contribution in [2.45, 2.75) is 38.1 Å². The monoisotopic (exact) mass is 460 g/mol. The lowest BCUT2D eigenvalue weighted by atomic mass is 9.75. The van der Waals surface area contributed by atoms with E-state index in [0.29, 0.717) is 23.4 Å². The Morgan fingerprint density at radius 2 is 1.83 bits per heavy atom. The highest BCUT2D eigenvalue weighted by molar-refractivity contribution is 9.10. The molecule has 0 aliphatic heterocycles. The molecule has 0 aromatic heterocycles. The van der Waals surface area contributed by atoms with Gasteiger partial charge in [0.1, 0.15) is 5.82 Å². The largest absolute Gasteiger partial charge is 0.352 e. The lowest BCUT2D eigenvalue weighted by Gasteiger charge is -2.37. The van der Waals surface area contributed by atoms with Crippen LogP contribution in [-0.4, -0.2) is 31.4 Å². The molecule has 1 atom stereocenters. The summed E-state index contributed by atoms with van der Waals surface area (Å²) in [6.45, 7) is 0.718. The molecule has 2 aromatic rings. The van der Waals surface area contributed by atoms with Gasteiger partial charge in [-0.3, -0.25) is 4.79 Å². The fourth-order valence-corrected chi connectivity index (χ4v) is 4.97. The molecular weight excluding hydrogens is 431 g/mol. The van der Waals surface area contributed by atoms with Gasteiger partial charge in [-0.2, -0.15) is 0 Å². The number of carbonyl (C=O) groups excluding carboxylic acids is 1. The summed E-state index contributed by atoms with van der Waals surface area (Å²) in [5.41, 5.74) is 1.89. The normalized spacial score (nSPS) is 20.4. The Bertz CT molecular complexity index is 801. The zero-order valence-corrected chi connectivity index (χ0v) is 18.8. The van der Waals surface area contributed by atoms with E-state index in [4.69, 9.17) is 0 Å². The lowest BCUT2D eigenvalue weighted by Crippen LogP contribution is -2.31. The van der Waals surface area contributed by atoms with E-state index >= 15 is 0 Å². The molecule has 0 spiro atoms. The van der Waals surface area contributed by atoms with Gasteiger partial charge in [-0.15, -0.1) is 0 Å². The molecule has 1 unspecified atom stereocenters. The molecule has 1 fully saturated rings. The van der Waals surface area contributed by atoms with Crippen LogP contribution in [0, 0.1) is 17.7 Å². The van der Waals surface area contributed by atoms with E-state index in [-0.39, 0.29) is 11.7 Å². The number of halogens is 2. The highest BCUT2D eigenvalue weighted by Crippen LogP contribution is 2.40. The first-order chi connectivity index (χ1) is 13.9. The topological polar surface area (TPSA) is 32.3 Å². The second-order valence-electron chi connectivity index (χ2n) is 8.30. The fraction of sp³-hybridized carbons (Fsp3) is 0.458. The minimum absolute atomic E-state index is 0.0102. The van der Waals surface area contributed by atoms with Crippen LogP contribution in [0.25, 0.3) is 0 Å². The lowest BCUT2D eigenvalue weighted by molar-refractivity contribution is 0.0947. The molecule has 1 amide bonds. The summed E-state index contributed by atoms with van der Waals surface area (Å²) < 4.78 is 14.2. The van der Waals surface area contributed by atoms with Crippen LogP contribution in [0.15, 0.2) is 53.0 Å². The second-order valence-corrected chi connectivity index (χ2v) is 9.21. The third-order valence-corrected chi connectivity index (χ3v) is 6.52. The van der Waals surface area contributed by atoms with E-state index in [9.17, 15) is 9.18 Å². The van der Waals surface area contributed by atoms with Gasteiger partial charge in [-0.05, 0) is 81.1 Å². The summed E-state index contributed by atoms with van der Waals surface area (Å²) in [6, 6.07) is 14.8. The zero-order valence-electron chi connectivity index (χ0n) is 17.2. The maximum atomic E-state index is 13.3. The first kappa shape index (κ1) is 22.0. The van der Waals surface area contributed by atoms with Gasteiger partial charge in [0.05, 0.1) is 0 Å². The van der Waals surface area contributed by atoms with Crippen molar-refractivity contribution >= 4 is 21.8 Å². The van der Waals surface area contributed by atoms with E-state index < -0.39 is 0 Å². The summed E-state index contributed by atoms with van der Waals surface area (Å²) in [5, 5.41) is 3.05. The summed E-state index contributed by atoms with van der Waals surface area (Å²) >= 11 is 3.41. The number of rotatable bonds is 7. The minimum Gasteiger partial charge on any atom is -0.352 e. The molecule has 29 heavy (non-hydrogen) atoms. The molecule has 5 heteroatoms. The van der Waals surface area contributed by atoms with Crippen molar-refractivity contribution in [2.75, 3.05) is 20.6 Å². The Morgan fingerprint density at radius 1 is 1.14 bits per heavy atom. The highest BCUT2D eigenvalue weighted by atomic mass is 79.9. The molecule has 3 nitrogen and oxygen atoms in total. The van der Waals surface area contributed by atoms with Crippen LogP contribution in [0.5, 0.6) is 0 Å². The first-order valence-electron chi connectivity index (χ1n) is 10.4. The smallest absolute Gasteiger partial charge is 0.251 e. The summed E-state index contributed by atoms with van der Waals surface area (Å²) in [6.07, 6.45) is 5.73. The van der Waals surface area contributed by atoms with Crippen LogP contribution < -0.4 is 5.32 Å². The van der Waals surface area contributed by atoms with Gasteiger partial charge in [0, 0.05) is 22.6 Å². The number of amides is 1. The summed E-state index contributed by atoms with van der Waals surface area (Å²) in [5.74, 6) is 1.05. The Morgan fingerprint density at radius 3 is 2.45 bits per heavy atom. The van der Waals surface area contributed by atoms with Crippen LogP contribution in [-0.2, 0) is 0 Å². The van der Waals surface area contributed by atoms with Crippen LogP contribution in [0.3, 0.4) is 0 Å². The quantitative estimate of drug-likeness (QED) is 0.564. The number of nitrogens with one attached hydrogen (secondary N) is 1. The predicted octanol–water partition coefficient (Wildman–Crippen LogP) is 5.82. The maximum absolute atomic E-state index is 13.3. The number of nitrogens with zero attached hydrogens (tertiary/aromatic N) is 1. The molecule has 156 valence electrons. The second kappa shape index (κ2) is 10.4. The van der Waals surface area contributed by atoms with E-state index in [1.165, 1.54) is 31.2 Å². The highest BCUT2D eigenvalue weighted by Gasteiger charge is 2.29. The number of benzene rings is 2. The fourth-order valence-electron chi connectivity index (χ4n) is 4.57. The van der Waals surface area contributed by atoms with Crippen LogP contribution >= 0.6 is 15.9 Å². The Hall–Kier alpha value is -1.72. The molecular formula is C24H30BrFN2O. The zero-order chi connectivity index (χ0) is 20.8. The standard InChI is InChI=1S/C24H30BrFN2O/c1-28(2)23(19-10-12-22(26)13-11-19)18-8-6-17(7-9-18)14-15-27-24(29)20-4-3-5-21(25)16-20/h3-5,10-13,16-18,23H,6-9,14-15H2,1-2H3,(H,27,29). The third-order valence-electron chi connectivity index (χ3n) is 6.03. The predicted molar refractivity (Wildman–Crippen MR) is 119 cm³/mol. The van der Waals surface area contributed by atoms with Crippen molar-refractivity contribution in [3.8, 4) is 0 Å². The van der Waals surface area contributed by atoms with Crippen molar-refractivity contribution in [1.29, 1.82) is 0 Å². The number of hydrogen-bond donors (Lipinski definition) is 1. The van der Waals surface area contributed by atoms with Gasteiger partial charge in [0.25, 0.3) is 5.91 Å². The summed E-state index contributed by atoms with van der Waals surface area (Å²) in [7, 11) is 4.22. The molecule has 0 heterocycles. The number of hydrogen-bond acceptors (Lipinski definition) is 2. The van der Waals surface area contributed by atoms with Gasteiger partial charge in [0.2, 0.25) is 0 Å². The third kappa shape index (κ3) is 6.13. The average molecular weight is 461 g/mol. The van der Waals surface area contributed by atoms with Crippen LogP contribution in [0.2, 0.25) is 0 Å². The van der Waals surface area contributed by atoms with Gasteiger partial charge in [-0.1, -0.05) is 47.0 Å². The molecule has 0 radical (unpaired) electrons. The maximum Gasteiger partial charge on any atom is 0.251 e. The van der Waals surface area contributed by atoms with E-state index in [1.54, 1.807) is 12.1 Å². The molecule has 1 saturated carbocycles.